The minimum Gasteiger partial charge on any atom is -0.486 e. The van der Waals surface area contributed by atoms with Crippen molar-refractivity contribution in [2.45, 2.75) is 20.1 Å². The third kappa shape index (κ3) is 5.97. The van der Waals surface area contributed by atoms with Crippen LogP contribution in [-0.2, 0) is 13.2 Å². The van der Waals surface area contributed by atoms with Gasteiger partial charge in [0.05, 0.1) is 10.0 Å². The molecular weight excluding hydrogens is 441 g/mol. The largest absolute Gasteiger partial charge is 0.486 e. The van der Waals surface area contributed by atoms with Crippen molar-refractivity contribution in [3.8, 4) is 17.2 Å². The van der Waals surface area contributed by atoms with Crippen LogP contribution in [0.4, 0.5) is 5.69 Å². The maximum Gasteiger partial charge on any atom is 0.156 e. The first-order chi connectivity index (χ1) is 15.6. The van der Waals surface area contributed by atoms with Gasteiger partial charge in [0.25, 0.3) is 0 Å². The van der Waals surface area contributed by atoms with Crippen molar-refractivity contribution < 1.29 is 9.47 Å². The molecule has 0 unspecified atom stereocenters. The lowest BCUT2D eigenvalue weighted by Gasteiger charge is -2.13. The lowest BCUT2D eigenvalue weighted by atomic mass is 10.1. The van der Waals surface area contributed by atoms with Crippen molar-refractivity contribution >= 4 is 28.9 Å². The van der Waals surface area contributed by atoms with Crippen LogP contribution >= 0.6 is 23.2 Å². The predicted octanol–water partition coefficient (Wildman–Crippen LogP) is 8.29. The first-order valence-corrected chi connectivity index (χ1v) is 11.1. The van der Waals surface area contributed by atoms with Gasteiger partial charge < -0.3 is 14.8 Å². The number of halogens is 2. The Balaban J connectivity index is 1.34. The monoisotopic (exact) mass is 463 g/mol. The highest BCUT2D eigenvalue weighted by Gasteiger charge is 2.10. The molecule has 4 rings (SSSR count). The second-order valence-electron chi connectivity index (χ2n) is 7.46. The van der Waals surface area contributed by atoms with E-state index in [0.29, 0.717) is 28.9 Å². The zero-order chi connectivity index (χ0) is 22.3. The molecule has 0 aromatic heterocycles. The Morgan fingerprint density at radius 2 is 1.34 bits per heavy atom. The van der Waals surface area contributed by atoms with Gasteiger partial charge in [0.15, 0.2) is 5.75 Å². The van der Waals surface area contributed by atoms with Gasteiger partial charge in [0, 0.05) is 12.2 Å². The summed E-state index contributed by atoms with van der Waals surface area (Å²) in [6, 6.07) is 29.4. The smallest absolute Gasteiger partial charge is 0.156 e. The van der Waals surface area contributed by atoms with E-state index >= 15 is 0 Å². The highest BCUT2D eigenvalue weighted by Crippen LogP contribution is 2.35. The molecule has 0 atom stereocenters. The Labute approximate surface area is 198 Å². The maximum absolute atomic E-state index is 6.45. The minimum atomic E-state index is 0.411. The van der Waals surface area contributed by atoms with Gasteiger partial charge in [0.1, 0.15) is 18.1 Å². The molecule has 0 aliphatic rings. The first-order valence-electron chi connectivity index (χ1n) is 10.3. The van der Waals surface area contributed by atoms with Crippen molar-refractivity contribution in [1.29, 1.82) is 0 Å². The van der Waals surface area contributed by atoms with E-state index in [1.807, 2.05) is 78.9 Å². The van der Waals surface area contributed by atoms with E-state index in [1.54, 1.807) is 0 Å². The molecule has 1 N–H and O–H groups in total. The average Bonchev–Trinajstić information content (AvgIpc) is 2.80. The third-order valence-corrected chi connectivity index (χ3v) is 5.45. The van der Waals surface area contributed by atoms with Gasteiger partial charge in [0.2, 0.25) is 0 Å². The van der Waals surface area contributed by atoms with Gasteiger partial charge in [-0.25, -0.2) is 0 Å². The van der Waals surface area contributed by atoms with E-state index in [2.05, 4.69) is 24.4 Å². The molecule has 162 valence electrons. The van der Waals surface area contributed by atoms with Crippen molar-refractivity contribution in [2.75, 3.05) is 5.32 Å². The quantitative estimate of drug-likeness (QED) is 0.285. The topological polar surface area (TPSA) is 30.5 Å². The Bertz CT molecular complexity index is 1140. The highest BCUT2D eigenvalue weighted by molar-refractivity contribution is 6.37. The minimum absolute atomic E-state index is 0.411. The van der Waals surface area contributed by atoms with Crippen LogP contribution in [0.5, 0.6) is 17.2 Å². The maximum atomic E-state index is 6.45. The van der Waals surface area contributed by atoms with Crippen LogP contribution in [0.1, 0.15) is 16.7 Å². The third-order valence-electron chi connectivity index (χ3n) is 4.89. The average molecular weight is 464 g/mol. The second-order valence-corrected chi connectivity index (χ2v) is 8.27. The molecular formula is C27H23Cl2NO2. The van der Waals surface area contributed by atoms with Gasteiger partial charge in [-0.15, -0.1) is 0 Å². The number of aryl methyl sites for hydroxylation is 1. The molecule has 0 radical (unpaired) electrons. The van der Waals surface area contributed by atoms with Gasteiger partial charge in [-0.1, -0.05) is 71.2 Å². The number of nitrogens with one attached hydrogen (secondary N) is 1. The molecule has 3 nitrogen and oxygen atoms in total. The van der Waals surface area contributed by atoms with Crippen molar-refractivity contribution in [2.24, 2.45) is 0 Å². The van der Waals surface area contributed by atoms with Crippen LogP contribution in [-0.4, -0.2) is 0 Å². The fourth-order valence-electron chi connectivity index (χ4n) is 3.16. The molecule has 0 heterocycles. The molecule has 0 fully saturated rings. The van der Waals surface area contributed by atoms with Gasteiger partial charge >= 0.3 is 0 Å². The first kappa shape index (κ1) is 22.1. The van der Waals surface area contributed by atoms with E-state index in [4.69, 9.17) is 32.7 Å². The summed E-state index contributed by atoms with van der Waals surface area (Å²) in [5.74, 6) is 2.09. The summed E-state index contributed by atoms with van der Waals surface area (Å²) >= 11 is 12.9. The molecule has 0 bridgehead atoms. The molecule has 0 spiro atoms. The molecule has 4 aromatic carbocycles. The van der Waals surface area contributed by atoms with Crippen LogP contribution in [0.15, 0.2) is 91.0 Å². The zero-order valence-corrected chi connectivity index (χ0v) is 19.2. The molecule has 0 saturated heterocycles. The molecule has 4 aromatic rings. The van der Waals surface area contributed by atoms with E-state index < -0.39 is 0 Å². The van der Waals surface area contributed by atoms with E-state index in [1.165, 1.54) is 5.56 Å². The second kappa shape index (κ2) is 10.4. The summed E-state index contributed by atoms with van der Waals surface area (Å²) in [6.45, 7) is 3.04. The van der Waals surface area contributed by atoms with Crippen LogP contribution in [0.2, 0.25) is 10.0 Å². The zero-order valence-electron chi connectivity index (χ0n) is 17.6. The summed E-state index contributed by atoms with van der Waals surface area (Å²) in [6.07, 6.45) is 0. The molecule has 0 saturated carbocycles. The van der Waals surface area contributed by atoms with Crippen molar-refractivity contribution in [3.63, 3.8) is 0 Å². The van der Waals surface area contributed by atoms with Crippen LogP contribution in [0.25, 0.3) is 0 Å². The fourth-order valence-corrected chi connectivity index (χ4v) is 3.80. The molecule has 32 heavy (non-hydrogen) atoms. The van der Waals surface area contributed by atoms with Gasteiger partial charge in [-0.2, -0.15) is 0 Å². The number of rotatable bonds is 8. The summed E-state index contributed by atoms with van der Waals surface area (Å²) < 4.78 is 11.7. The number of benzene rings is 4. The summed E-state index contributed by atoms with van der Waals surface area (Å²) in [5.41, 5.74) is 4.21. The fraction of sp³-hybridized carbons (Fsp3) is 0.111. The van der Waals surface area contributed by atoms with E-state index in [-0.39, 0.29) is 0 Å². The van der Waals surface area contributed by atoms with Crippen LogP contribution < -0.4 is 14.8 Å². The summed E-state index contributed by atoms with van der Waals surface area (Å²) in [7, 11) is 0. The molecule has 5 heteroatoms. The summed E-state index contributed by atoms with van der Waals surface area (Å²) in [4.78, 5) is 0. The highest BCUT2D eigenvalue weighted by atomic mass is 35.5. The van der Waals surface area contributed by atoms with E-state index in [9.17, 15) is 0 Å². The van der Waals surface area contributed by atoms with E-state index in [0.717, 1.165) is 28.3 Å². The summed E-state index contributed by atoms with van der Waals surface area (Å²) in [5, 5.41) is 4.36. The Hall–Kier alpha value is -3.14. The molecule has 0 aliphatic carbocycles. The van der Waals surface area contributed by atoms with Crippen LogP contribution in [0, 0.1) is 6.92 Å². The lowest BCUT2D eigenvalue weighted by Crippen LogP contribution is -2.01. The lowest BCUT2D eigenvalue weighted by molar-refractivity contribution is 0.306. The van der Waals surface area contributed by atoms with Gasteiger partial charge in [-0.05, 0) is 66.6 Å². The number of hydrogen-bond acceptors (Lipinski definition) is 3. The SMILES string of the molecule is Cc1ccc(COc2c(Cl)cc(CNc3ccc(Oc4ccccc4)cc3)cc2Cl)cc1. The molecule has 0 amide bonds. The normalized spacial score (nSPS) is 10.6. The number of anilines is 1. The van der Waals surface area contributed by atoms with Crippen molar-refractivity contribution in [3.05, 3.63) is 118 Å². The Morgan fingerprint density at radius 1 is 0.719 bits per heavy atom. The van der Waals surface area contributed by atoms with Gasteiger partial charge in [-0.3, -0.25) is 0 Å². The van der Waals surface area contributed by atoms with Crippen LogP contribution in [0.3, 0.4) is 0 Å². The Kier molecular flexibility index (Phi) is 7.21. The van der Waals surface area contributed by atoms with Crippen molar-refractivity contribution in [1.82, 2.24) is 0 Å². The standard InChI is InChI=1S/C27H23Cl2NO2/c1-19-7-9-20(10-8-19)18-31-27-25(28)15-21(16-26(27)29)17-30-22-11-13-24(14-12-22)32-23-5-3-2-4-6-23/h2-16,30H,17-18H2,1H3. The number of para-hydroxylation sites is 1. The Morgan fingerprint density at radius 3 is 2.00 bits per heavy atom. The molecule has 0 aliphatic heterocycles. The number of ether oxygens (including phenoxy) is 2. The number of hydrogen-bond donors (Lipinski definition) is 1. The predicted molar refractivity (Wildman–Crippen MR) is 132 cm³/mol.